The Bertz CT molecular complexity index is 1060. The van der Waals surface area contributed by atoms with Crippen molar-refractivity contribution in [2.75, 3.05) is 26.6 Å². The third-order valence-corrected chi connectivity index (χ3v) is 6.15. The molecule has 1 N–H and O–H groups in total. The molecule has 1 aliphatic rings. The van der Waals surface area contributed by atoms with Crippen LogP contribution in [0.3, 0.4) is 0 Å². The van der Waals surface area contributed by atoms with E-state index in [0.717, 1.165) is 27.3 Å². The van der Waals surface area contributed by atoms with E-state index in [1.54, 1.807) is 50.9 Å². The van der Waals surface area contributed by atoms with Crippen LogP contribution in [0, 0.1) is 5.82 Å². The fourth-order valence-corrected chi connectivity index (χ4v) is 4.80. The Morgan fingerprint density at radius 1 is 1.00 bits per heavy atom. The Balaban J connectivity index is 1.84. The maximum Gasteiger partial charge on any atom is 0.225 e. The molecule has 5 nitrogen and oxygen atoms in total. The molecule has 2 heterocycles. The summed E-state index contributed by atoms with van der Waals surface area (Å²) in [6.07, 6.45) is 0.294. The van der Waals surface area contributed by atoms with E-state index in [1.165, 1.54) is 12.1 Å². The molecular formula is C22H20FNO4S. The van der Waals surface area contributed by atoms with E-state index in [1.807, 2.05) is 11.4 Å². The lowest BCUT2D eigenvalue weighted by molar-refractivity contribution is -0.116. The first-order valence-electron chi connectivity index (χ1n) is 9.02. The molecule has 0 saturated carbocycles. The van der Waals surface area contributed by atoms with Crippen LogP contribution in [0.5, 0.6) is 17.2 Å². The zero-order valence-corrected chi connectivity index (χ0v) is 17.1. The molecule has 4 rings (SSSR count). The molecule has 1 unspecified atom stereocenters. The Morgan fingerprint density at radius 2 is 1.66 bits per heavy atom. The molecule has 0 spiro atoms. The molecule has 7 heteroatoms. The highest BCUT2D eigenvalue weighted by atomic mass is 32.1. The van der Waals surface area contributed by atoms with Gasteiger partial charge in [0.15, 0.2) is 11.5 Å². The Morgan fingerprint density at radius 3 is 2.31 bits per heavy atom. The van der Waals surface area contributed by atoms with Crippen LogP contribution in [0.4, 0.5) is 10.1 Å². The molecule has 150 valence electrons. The van der Waals surface area contributed by atoms with Crippen molar-refractivity contribution in [1.82, 2.24) is 0 Å². The number of carbonyl (C=O) groups excluding carboxylic acids is 1. The van der Waals surface area contributed by atoms with Crippen molar-refractivity contribution in [3.05, 3.63) is 58.0 Å². The minimum atomic E-state index is -0.296. The monoisotopic (exact) mass is 413 g/mol. The average Bonchev–Trinajstić information content (AvgIpc) is 3.16. The molecule has 29 heavy (non-hydrogen) atoms. The normalized spacial score (nSPS) is 15.4. The number of amides is 1. The van der Waals surface area contributed by atoms with E-state index < -0.39 is 0 Å². The summed E-state index contributed by atoms with van der Waals surface area (Å²) < 4.78 is 29.7. The van der Waals surface area contributed by atoms with Crippen LogP contribution in [0.25, 0.3) is 11.1 Å². The van der Waals surface area contributed by atoms with Gasteiger partial charge < -0.3 is 19.5 Å². The number of carbonyl (C=O) groups is 1. The molecule has 2 aromatic carbocycles. The molecule has 0 radical (unpaired) electrons. The van der Waals surface area contributed by atoms with Crippen LogP contribution < -0.4 is 19.5 Å². The maximum absolute atomic E-state index is 13.3. The van der Waals surface area contributed by atoms with Gasteiger partial charge in [0.2, 0.25) is 5.91 Å². The minimum absolute atomic E-state index is 0.0823. The number of halogens is 1. The Labute approximate surface area is 172 Å². The van der Waals surface area contributed by atoms with Gasteiger partial charge in [-0.05, 0) is 23.8 Å². The number of ether oxygens (including phenoxy) is 3. The van der Waals surface area contributed by atoms with Crippen LogP contribution in [0.15, 0.2) is 41.8 Å². The fourth-order valence-electron chi connectivity index (χ4n) is 3.64. The predicted octanol–water partition coefficient (Wildman–Crippen LogP) is 5.05. The number of rotatable bonds is 5. The van der Waals surface area contributed by atoms with Gasteiger partial charge in [0, 0.05) is 39.8 Å². The lowest BCUT2D eigenvalue weighted by atomic mass is 9.88. The highest BCUT2D eigenvalue weighted by Crippen LogP contribution is 2.50. The van der Waals surface area contributed by atoms with Crippen LogP contribution in [0.2, 0.25) is 0 Å². The molecule has 1 aliphatic heterocycles. The summed E-state index contributed by atoms with van der Waals surface area (Å²) >= 11 is 1.56. The number of methoxy groups -OCH3 is 3. The van der Waals surface area contributed by atoms with Crippen molar-refractivity contribution < 1.29 is 23.4 Å². The minimum Gasteiger partial charge on any atom is -0.496 e. The fraction of sp³-hybridized carbons (Fsp3) is 0.227. The molecule has 0 saturated heterocycles. The van der Waals surface area contributed by atoms with Gasteiger partial charge in [0.25, 0.3) is 0 Å². The highest BCUT2D eigenvalue weighted by Gasteiger charge is 2.33. The van der Waals surface area contributed by atoms with Gasteiger partial charge >= 0.3 is 0 Å². The second-order valence-corrected chi connectivity index (χ2v) is 7.56. The van der Waals surface area contributed by atoms with Gasteiger partial charge in [-0.3, -0.25) is 4.79 Å². The number of hydrogen-bond donors (Lipinski definition) is 1. The van der Waals surface area contributed by atoms with Crippen molar-refractivity contribution in [3.8, 4) is 28.4 Å². The van der Waals surface area contributed by atoms with Gasteiger partial charge in [-0.1, -0.05) is 12.1 Å². The maximum atomic E-state index is 13.3. The summed E-state index contributed by atoms with van der Waals surface area (Å²) in [5.74, 6) is 1.20. The van der Waals surface area contributed by atoms with E-state index in [9.17, 15) is 9.18 Å². The smallest absolute Gasteiger partial charge is 0.225 e. The van der Waals surface area contributed by atoms with Crippen molar-refractivity contribution >= 4 is 22.9 Å². The predicted molar refractivity (Wildman–Crippen MR) is 111 cm³/mol. The first-order valence-corrected chi connectivity index (χ1v) is 9.90. The van der Waals surface area contributed by atoms with Crippen LogP contribution >= 0.6 is 11.3 Å². The molecule has 1 aromatic heterocycles. The highest BCUT2D eigenvalue weighted by molar-refractivity contribution is 7.11. The standard InChI is InChI=1S/C22H20FNO4S/c1-26-17-10-19(28-3)18(27-2)8-14(17)15-9-20(25)24-21-16(11-29-22(15)21)12-4-6-13(23)7-5-12/h4-8,10-11,15H,9H2,1-3H3,(H,24,25). The second-order valence-electron chi connectivity index (χ2n) is 6.65. The molecule has 0 fully saturated rings. The summed E-state index contributed by atoms with van der Waals surface area (Å²) in [5, 5.41) is 4.98. The number of nitrogens with one attached hydrogen (secondary N) is 1. The van der Waals surface area contributed by atoms with Gasteiger partial charge in [0.1, 0.15) is 11.6 Å². The van der Waals surface area contributed by atoms with Crippen LogP contribution in [0.1, 0.15) is 22.8 Å². The summed E-state index contributed by atoms with van der Waals surface area (Å²) in [6, 6.07) is 9.89. The van der Waals surface area contributed by atoms with Crippen molar-refractivity contribution in [1.29, 1.82) is 0 Å². The Hall–Kier alpha value is -3.06. The third-order valence-electron chi connectivity index (χ3n) is 5.06. The topological polar surface area (TPSA) is 56.8 Å². The average molecular weight is 413 g/mol. The third kappa shape index (κ3) is 3.42. The van der Waals surface area contributed by atoms with Gasteiger partial charge in [-0.15, -0.1) is 11.3 Å². The number of thiophene rings is 1. The van der Waals surface area contributed by atoms with E-state index >= 15 is 0 Å². The van der Waals surface area contributed by atoms with Gasteiger partial charge in [-0.2, -0.15) is 0 Å². The molecule has 1 atom stereocenters. The second kappa shape index (κ2) is 7.75. The quantitative estimate of drug-likeness (QED) is 0.636. The largest absolute Gasteiger partial charge is 0.496 e. The van der Waals surface area contributed by atoms with E-state index in [4.69, 9.17) is 14.2 Å². The summed E-state index contributed by atoms with van der Waals surface area (Å²) in [6.45, 7) is 0. The lowest BCUT2D eigenvalue weighted by Gasteiger charge is -2.26. The van der Waals surface area contributed by atoms with Gasteiger partial charge in [-0.25, -0.2) is 4.39 Å². The SMILES string of the molecule is COc1cc(OC)c(C2CC(=O)Nc3c(-c4ccc(F)cc4)csc32)cc1OC. The zero-order valence-electron chi connectivity index (χ0n) is 16.2. The van der Waals surface area contributed by atoms with Crippen molar-refractivity contribution in [2.24, 2.45) is 0 Å². The zero-order chi connectivity index (χ0) is 20.5. The van der Waals surface area contributed by atoms with Crippen molar-refractivity contribution in [3.63, 3.8) is 0 Å². The number of benzene rings is 2. The Kier molecular flexibility index (Phi) is 5.15. The molecule has 1 amide bonds. The van der Waals surface area contributed by atoms with E-state index in [2.05, 4.69) is 5.32 Å². The summed E-state index contributed by atoms with van der Waals surface area (Å²) in [4.78, 5) is 13.6. The van der Waals surface area contributed by atoms with E-state index in [0.29, 0.717) is 23.7 Å². The lowest BCUT2D eigenvalue weighted by Crippen LogP contribution is -2.22. The van der Waals surface area contributed by atoms with Crippen LogP contribution in [-0.4, -0.2) is 27.2 Å². The molecular weight excluding hydrogens is 393 g/mol. The van der Waals surface area contributed by atoms with E-state index in [-0.39, 0.29) is 17.6 Å². The summed E-state index contributed by atoms with van der Waals surface area (Å²) in [7, 11) is 4.73. The number of hydrogen-bond acceptors (Lipinski definition) is 5. The van der Waals surface area contributed by atoms with Crippen molar-refractivity contribution in [2.45, 2.75) is 12.3 Å². The number of fused-ring (bicyclic) bond motifs is 1. The molecule has 0 bridgehead atoms. The molecule has 3 aromatic rings. The van der Waals surface area contributed by atoms with Crippen LogP contribution in [-0.2, 0) is 4.79 Å². The first-order chi connectivity index (χ1) is 14.0. The summed E-state index contributed by atoms with van der Waals surface area (Å²) in [5.41, 5.74) is 3.35. The number of anilines is 1. The van der Waals surface area contributed by atoms with Gasteiger partial charge in [0.05, 0.1) is 27.0 Å². The molecule has 0 aliphatic carbocycles. The first kappa shape index (κ1) is 19.3.